The smallest absolute Gasteiger partial charge is 0.0907 e. The van der Waals surface area contributed by atoms with E-state index in [1.807, 2.05) is 19.9 Å². The number of aromatic nitrogens is 1. The first-order chi connectivity index (χ1) is 5.63. The van der Waals surface area contributed by atoms with Gasteiger partial charge in [0.15, 0.2) is 0 Å². The molecular weight excluding hydrogens is 186 g/mol. The maximum atomic E-state index is 4.30. The molecule has 0 saturated carbocycles. The van der Waals surface area contributed by atoms with Gasteiger partial charge in [0.2, 0.25) is 0 Å². The van der Waals surface area contributed by atoms with E-state index in [4.69, 9.17) is 0 Å². The van der Waals surface area contributed by atoms with Crippen molar-refractivity contribution in [2.24, 2.45) is 0 Å². The number of thiol groups is 1. The van der Waals surface area contributed by atoms with E-state index in [9.17, 15) is 0 Å². The van der Waals surface area contributed by atoms with Gasteiger partial charge in [0.1, 0.15) is 0 Å². The fraction of sp³-hybridized carbons (Fsp3) is 0.222. The van der Waals surface area contributed by atoms with Gasteiger partial charge in [-0.2, -0.15) is 0 Å². The molecule has 0 aromatic carbocycles. The molecule has 0 saturated heterocycles. The molecule has 64 valence electrons. The second-order valence-corrected chi connectivity index (χ2v) is 4.41. The van der Waals surface area contributed by atoms with Crippen LogP contribution >= 0.6 is 24.0 Å². The SMILES string of the molecule is C=Cc1nc(C)sc1/C=C(\C)S. The molecule has 1 rings (SSSR count). The third kappa shape index (κ3) is 2.22. The molecule has 0 amide bonds. The molecule has 1 aromatic heterocycles. The van der Waals surface area contributed by atoms with Gasteiger partial charge in [0.05, 0.1) is 15.6 Å². The van der Waals surface area contributed by atoms with E-state index in [1.54, 1.807) is 17.4 Å². The molecule has 0 aliphatic heterocycles. The third-order valence-electron chi connectivity index (χ3n) is 1.32. The third-order valence-corrected chi connectivity index (χ3v) is 2.38. The summed E-state index contributed by atoms with van der Waals surface area (Å²) in [6.45, 7) is 7.64. The zero-order valence-electron chi connectivity index (χ0n) is 7.16. The zero-order chi connectivity index (χ0) is 9.14. The molecule has 0 fully saturated rings. The summed E-state index contributed by atoms with van der Waals surface area (Å²) < 4.78 is 0. The van der Waals surface area contributed by atoms with Crippen LogP contribution in [0.1, 0.15) is 22.5 Å². The van der Waals surface area contributed by atoms with Crippen LogP contribution in [0, 0.1) is 6.92 Å². The second-order valence-electron chi connectivity index (χ2n) is 2.47. The summed E-state index contributed by atoms with van der Waals surface area (Å²) in [5.41, 5.74) is 0.950. The number of allylic oxidation sites excluding steroid dienone is 1. The molecule has 12 heavy (non-hydrogen) atoms. The van der Waals surface area contributed by atoms with Crippen LogP contribution in [0.2, 0.25) is 0 Å². The minimum atomic E-state index is 0.950. The van der Waals surface area contributed by atoms with Crippen LogP contribution in [0.3, 0.4) is 0 Å². The minimum absolute atomic E-state index is 0.950. The van der Waals surface area contributed by atoms with Crippen LogP contribution < -0.4 is 0 Å². The highest BCUT2D eigenvalue weighted by atomic mass is 32.1. The average molecular weight is 197 g/mol. The number of nitrogens with zero attached hydrogens (tertiary/aromatic N) is 1. The Bertz CT molecular complexity index is 319. The van der Waals surface area contributed by atoms with Crippen molar-refractivity contribution in [3.8, 4) is 0 Å². The molecule has 0 unspecified atom stereocenters. The van der Waals surface area contributed by atoms with Crippen molar-refractivity contribution >= 4 is 36.1 Å². The summed E-state index contributed by atoms with van der Waals surface area (Å²) in [6, 6.07) is 0. The second kappa shape index (κ2) is 3.92. The van der Waals surface area contributed by atoms with E-state index in [0.717, 1.165) is 20.5 Å². The van der Waals surface area contributed by atoms with E-state index >= 15 is 0 Å². The topological polar surface area (TPSA) is 12.9 Å². The Morgan fingerprint density at radius 2 is 2.33 bits per heavy atom. The first-order valence-electron chi connectivity index (χ1n) is 3.60. The fourth-order valence-electron chi connectivity index (χ4n) is 0.898. The quantitative estimate of drug-likeness (QED) is 0.717. The van der Waals surface area contributed by atoms with Gasteiger partial charge in [-0.1, -0.05) is 6.58 Å². The summed E-state index contributed by atoms with van der Waals surface area (Å²) in [6.07, 6.45) is 3.77. The van der Waals surface area contributed by atoms with E-state index in [0.29, 0.717) is 0 Å². The Balaban J connectivity index is 3.13. The number of rotatable bonds is 2. The van der Waals surface area contributed by atoms with E-state index in [2.05, 4.69) is 24.2 Å². The molecule has 1 aromatic rings. The van der Waals surface area contributed by atoms with Crippen molar-refractivity contribution in [1.29, 1.82) is 0 Å². The molecule has 0 bridgehead atoms. The fourth-order valence-corrected chi connectivity index (χ4v) is 2.05. The monoisotopic (exact) mass is 197 g/mol. The zero-order valence-corrected chi connectivity index (χ0v) is 8.88. The summed E-state index contributed by atoms with van der Waals surface area (Å²) >= 11 is 5.87. The molecule has 0 N–H and O–H groups in total. The van der Waals surface area contributed by atoms with E-state index in [1.165, 1.54) is 0 Å². The van der Waals surface area contributed by atoms with Gasteiger partial charge in [0.25, 0.3) is 0 Å². The lowest BCUT2D eigenvalue weighted by molar-refractivity contribution is 1.27. The standard InChI is InChI=1S/C9H11NS2/c1-4-8-9(5-6(2)11)12-7(3)10-8/h4-5,11H,1H2,2-3H3/b6-5+. The van der Waals surface area contributed by atoms with Crippen molar-refractivity contribution in [2.75, 3.05) is 0 Å². The van der Waals surface area contributed by atoms with Crippen molar-refractivity contribution in [3.05, 3.63) is 27.1 Å². The van der Waals surface area contributed by atoms with Crippen molar-refractivity contribution in [1.82, 2.24) is 4.98 Å². The highest BCUT2D eigenvalue weighted by Crippen LogP contribution is 2.22. The van der Waals surface area contributed by atoms with Gasteiger partial charge in [-0.05, 0) is 30.9 Å². The van der Waals surface area contributed by atoms with Crippen molar-refractivity contribution < 1.29 is 0 Å². The van der Waals surface area contributed by atoms with Gasteiger partial charge in [-0.3, -0.25) is 0 Å². The first-order valence-corrected chi connectivity index (χ1v) is 4.87. The number of hydrogen-bond donors (Lipinski definition) is 1. The lowest BCUT2D eigenvalue weighted by Crippen LogP contribution is -1.74. The highest BCUT2D eigenvalue weighted by molar-refractivity contribution is 7.84. The lowest BCUT2D eigenvalue weighted by Gasteiger charge is -1.89. The molecule has 0 aliphatic carbocycles. The lowest BCUT2D eigenvalue weighted by atomic mass is 10.3. The van der Waals surface area contributed by atoms with Crippen LogP contribution in [-0.2, 0) is 0 Å². The van der Waals surface area contributed by atoms with Gasteiger partial charge in [0, 0.05) is 0 Å². The predicted molar refractivity (Wildman–Crippen MR) is 59.6 cm³/mol. The molecule has 1 nitrogen and oxygen atoms in total. The van der Waals surface area contributed by atoms with Crippen molar-refractivity contribution in [2.45, 2.75) is 13.8 Å². The summed E-state index contributed by atoms with van der Waals surface area (Å²) in [4.78, 5) is 6.43. The molecule has 1 heterocycles. The maximum Gasteiger partial charge on any atom is 0.0907 e. The largest absolute Gasteiger partial charge is 0.242 e. The van der Waals surface area contributed by atoms with E-state index in [-0.39, 0.29) is 0 Å². The van der Waals surface area contributed by atoms with Gasteiger partial charge in [-0.15, -0.1) is 24.0 Å². The average Bonchev–Trinajstić information content (AvgIpc) is 2.29. The highest BCUT2D eigenvalue weighted by Gasteiger charge is 2.02. The number of hydrogen-bond acceptors (Lipinski definition) is 3. The Hall–Kier alpha value is -0.540. The van der Waals surface area contributed by atoms with Crippen LogP contribution in [-0.4, -0.2) is 4.98 Å². The Kier molecular flexibility index (Phi) is 3.12. The van der Waals surface area contributed by atoms with Crippen LogP contribution in [0.5, 0.6) is 0 Å². The Morgan fingerprint density at radius 1 is 1.67 bits per heavy atom. The van der Waals surface area contributed by atoms with Crippen LogP contribution in [0.25, 0.3) is 12.2 Å². The summed E-state index contributed by atoms with van der Waals surface area (Å²) in [7, 11) is 0. The number of thiazole rings is 1. The minimum Gasteiger partial charge on any atom is -0.242 e. The van der Waals surface area contributed by atoms with Crippen LogP contribution in [0.4, 0.5) is 0 Å². The maximum absolute atomic E-state index is 4.30. The van der Waals surface area contributed by atoms with Gasteiger partial charge in [-0.25, -0.2) is 4.98 Å². The van der Waals surface area contributed by atoms with Crippen molar-refractivity contribution in [3.63, 3.8) is 0 Å². The van der Waals surface area contributed by atoms with Crippen LogP contribution in [0.15, 0.2) is 11.5 Å². The molecule has 0 atom stereocenters. The first kappa shape index (κ1) is 9.55. The predicted octanol–water partition coefficient (Wildman–Crippen LogP) is 3.39. The van der Waals surface area contributed by atoms with Gasteiger partial charge >= 0.3 is 0 Å². The summed E-state index contributed by atoms with van der Waals surface area (Å²) in [5.74, 6) is 0. The molecule has 3 heteroatoms. The molecule has 0 radical (unpaired) electrons. The Morgan fingerprint density at radius 3 is 2.83 bits per heavy atom. The molecule has 0 aliphatic rings. The number of aryl methyl sites for hydroxylation is 1. The summed E-state index contributed by atoms with van der Waals surface area (Å²) in [5, 5.41) is 1.06. The van der Waals surface area contributed by atoms with E-state index < -0.39 is 0 Å². The van der Waals surface area contributed by atoms with Gasteiger partial charge < -0.3 is 0 Å². The Labute approximate surface area is 82.3 Å². The molecular formula is C9H11NS2. The molecule has 0 spiro atoms. The normalized spacial score (nSPS) is 11.8.